The van der Waals surface area contributed by atoms with Crippen LogP contribution in [0.2, 0.25) is 0 Å². The van der Waals surface area contributed by atoms with Crippen LogP contribution in [-0.4, -0.2) is 18.0 Å². The molecule has 3 rings (SSSR count). The van der Waals surface area contributed by atoms with Crippen LogP contribution in [0, 0.1) is 0 Å². The Kier molecular flexibility index (Phi) is 6.20. The summed E-state index contributed by atoms with van der Waals surface area (Å²) in [6.07, 6.45) is 0.848. The largest absolute Gasteiger partial charge is 0.318 e. The van der Waals surface area contributed by atoms with Crippen molar-refractivity contribution in [1.29, 1.82) is 0 Å². The van der Waals surface area contributed by atoms with Crippen LogP contribution in [0.1, 0.15) is 13.8 Å². The van der Waals surface area contributed by atoms with Crippen LogP contribution < -0.4 is 15.9 Å². The molecule has 2 nitrogen and oxygen atoms in total. The van der Waals surface area contributed by atoms with Crippen molar-refractivity contribution >= 4 is 30.2 Å². The molecule has 0 spiro atoms. The van der Waals surface area contributed by atoms with Crippen molar-refractivity contribution in [1.82, 2.24) is 0 Å². The van der Waals surface area contributed by atoms with E-state index in [9.17, 15) is 9.13 Å². The van der Waals surface area contributed by atoms with Gasteiger partial charge in [0.25, 0.3) is 0 Å². The Morgan fingerprint density at radius 1 is 0.593 bits per heavy atom. The second kappa shape index (κ2) is 8.42. The lowest BCUT2D eigenvalue weighted by atomic mass is 10.4. The molecule has 4 heteroatoms. The van der Waals surface area contributed by atoms with Gasteiger partial charge in [0.05, 0.1) is 0 Å². The molecule has 0 aliphatic heterocycles. The molecule has 0 N–H and O–H groups in total. The van der Waals surface area contributed by atoms with Gasteiger partial charge in [-0.3, -0.25) is 0 Å². The number of rotatable bonds is 7. The molecule has 0 fully saturated rings. The molecule has 0 aromatic heterocycles. The maximum atomic E-state index is 14.2. The van der Waals surface area contributed by atoms with E-state index in [2.05, 4.69) is 0 Å². The minimum absolute atomic E-state index is 0.0138. The molecule has 0 saturated carbocycles. The second-order valence-corrected chi connectivity index (χ2v) is 13.6. The first-order valence-electron chi connectivity index (χ1n) is 9.31. The molecule has 0 radical (unpaired) electrons. The third kappa shape index (κ3) is 4.18. The predicted molar refractivity (Wildman–Crippen MR) is 118 cm³/mol. The van der Waals surface area contributed by atoms with Crippen molar-refractivity contribution in [3.05, 3.63) is 91.0 Å². The van der Waals surface area contributed by atoms with Gasteiger partial charge in [-0.2, -0.15) is 0 Å². The normalized spacial score (nSPS) is 14.0. The van der Waals surface area contributed by atoms with E-state index in [4.69, 9.17) is 0 Å². The van der Waals surface area contributed by atoms with Crippen LogP contribution >= 0.6 is 14.3 Å². The molecular weight excluding hydrogens is 370 g/mol. The topological polar surface area (TPSA) is 34.1 Å². The van der Waals surface area contributed by atoms with Gasteiger partial charge in [0, 0.05) is 33.9 Å². The van der Waals surface area contributed by atoms with Crippen molar-refractivity contribution in [3.8, 4) is 0 Å². The zero-order chi connectivity index (χ0) is 19.3. The maximum Gasteiger partial charge on any atom is 0.143 e. The molecular formula is C23H26O2P2. The van der Waals surface area contributed by atoms with E-state index < -0.39 is 14.3 Å². The molecule has 0 heterocycles. The molecule has 0 amide bonds. The van der Waals surface area contributed by atoms with E-state index in [1.54, 1.807) is 0 Å². The van der Waals surface area contributed by atoms with Gasteiger partial charge in [0.15, 0.2) is 0 Å². The Morgan fingerprint density at radius 3 is 1.33 bits per heavy atom. The van der Waals surface area contributed by atoms with Crippen LogP contribution in [0.15, 0.2) is 91.0 Å². The first kappa shape index (κ1) is 19.9. The van der Waals surface area contributed by atoms with E-state index in [1.807, 2.05) is 105 Å². The van der Waals surface area contributed by atoms with E-state index in [-0.39, 0.29) is 5.66 Å². The zero-order valence-corrected chi connectivity index (χ0v) is 17.7. The van der Waals surface area contributed by atoms with Crippen LogP contribution in [-0.2, 0) is 9.13 Å². The SMILES string of the molecule is CC(C)P(=O)(CCP(=O)(c1ccccc1)c1ccccc1)c1ccccc1. The summed E-state index contributed by atoms with van der Waals surface area (Å²) in [4.78, 5) is 0. The van der Waals surface area contributed by atoms with Gasteiger partial charge in [0.1, 0.15) is 14.3 Å². The number of hydrogen-bond acceptors (Lipinski definition) is 2. The van der Waals surface area contributed by atoms with Crippen molar-refractivity contribution in [3.63, 3.8) is 0 Å². The van der Waals surface area contributed by atoms with Gasteiger partial charge < -0.3 is 9.13 Å². The third-order valence-electron chi connectivity index (χ3n) is 5.12. The molecule has 0 aliphatic carbocycles. The molecule has 27 heavy (non-hydrogen) atoms. The van der Waals surface area contributed by atoms with Crippen LogP contribution in [0.5, 0.6) is 0 Å². The van der Waals surface area contributed by atoms with E-state index in [0.717, 1.165) is 15.9 Å². The van der Waals surface area contributed by atoms with Gasteiger partial charge in [-0.05, 0) is 0 Å². The minimum atomic E-state index is -2.85. The summed E-state index contributed by atoms with van der Waals surface area (Å²) in [6, 6.07) is 28.9. The van der Waals surface area contributed by atoms with Crippen molar-refractivity contribution in [2.24, 2.45) is 0 Å². The predicted octanol–water partition coefficient (Wildman–Crippen LogP) is 5.10. The average molecular weight is 396 g/mol. The highest BCUT2D eigenvalue weighted by Gasteiger charge is 2.34. The van der Waals surface area contributed by atoms with Gasteiger partial charge in [-0.15, -0.1) is 0 Å². The Hall–Kier alpha value is -1.88. The highest BCUT2D eigenvalue weighted by Crippen LogP contribution is 2.54. The Morgan fingerprint density at radius 2 is 0.963 bits per heavy atom. The monoisotopic (exact) mass is 396 g/mol. The molecule has 0 aliphatic rings. The van der Waals surface area contributed by atoms with Crippen molar-refractivity contribution in [2.45, 2.75) is 19.5 Å². The third-order valence-corrected chi connectivity index (χ3v) is 12.3. The van der Waals surface area contributed by atoms with Crippen molar-refractivity contribution in [2.75, 3.05) is 12.3 Å². The fraction of sp³-hybridized carbons (Fsp3) is 0.217. The summed E-state index contributed by atoms with van der Waals surface area (Å²) in [6.45, 7) is 4.01. The van der Waals surface area contributed by atoms with Crippen LogP contribution in [0.3, 0.4) is 0 Å². The fourth-order valence-electron chi connectivity index (χ4n) is 3.40. The smallest absolute Gasteiger partial charge is 0.143 e. The lowest BCUT2D eigenvalue weighted by molar-refractivity contribution is 0.573. The Labute approximate surface area is 162 Å². The highest BCUT2D eigenvalue weighted by molar-refractivity contribution is 7.80. The standard InChI is InChI=1S/C23H26O2P2/c1-20(2)26(24,21-12-6-3-7-13-21)18-19-27(25,22-14-8-4-9-15-22)23-16-10-5-11-17-23/h3-17,20H,18-19H2,1-2H3. The summed E-state index contributed by atoms with van der Waals surface area (Å²) in [7, 11) is -5.51. The summed E-state index contributed by atoms with van der Waals surface area (Å²) in [5, 5.41) is 2.55. The number of hydrogen-bond donors (Lipinski definition) is 0. The number of benzene rings is 3. The molecule has 3 aromatic rings. The van der Waals surface area contributed by atoms with Gasteiger partial charge in [-0.25, -0.2) is 0 Å². The molecule has 0 bridgehead atoms. The zero-order valence-electron chi connectivity index (χ0n) is 15.9. The van der Waals surface area contributed by atoms with E-state index in [1.165, 1.54) is 0 Å². The van der Waals surface area contributed by atoms with Gasteiger partial charge >= 0.3 is 0 Å². The fourth-order valence-corrected chi connectivity index (χ4v) is 9.88. The second-order valence-electron chi connectivity index (χ2n) is 7.08. The summed E-state index contributed by atoms with van der Waals surface area (Å²) < 4.78 is 28.1. The minimum Gasteiger partial charge on any atom is -0.318 e. The van der Waals surface area contributed by atoms with Crippen LogP contribution in [0.4, 0.5) is 0 Å². The summed E-state index contributed by atoms with van der Waals surface area (Å²) in [5.74, 6) is 0. The van der Waals surface area contributed by atoms with Crippen LogP contribution in [0.25, 0.3) is 0 Å². The first-order chi connectivity index (χ1) is 13.0. The summed E-state index contributed by atoms with van der Waals surface area (Å²) in [5.41, 5.74) is 0.0138. The average Bonchev–Trinajstić information content (AvgIpc) is 2.73. The highest BCUT2D eigenvalue weighted by atomic mass is 31.2. The molecule has 140 valence electrons. The van der Waals surface area contributed by atoms with Crippen molar-refractivity contribution < 1.29 is 9.13 Å². The molecule has 1 atom stereocenters. The quantitative estimate of drug-likeness (QED) is 0.521. The Balaban J connectivity index is 2.01. The lowest BCUT2D eigenvalue weighted by Gasteiger charge is -2.26. The van der Waals surface area contributed by atoms with E-state index in [0.29, 0.717) is 12.3 Å². The van der Waals surface area contributed by atoms with Gasteiger partial charge in [-0.1, -0.05) is 105 Å². The molecule has 0 saturated heterocycles. The van der Waals surface area contributed by atoms with Gasteiger partial charge in [0.2, 0.25) is 0 Å². The summed E-state index contributed by atoms with van der Waals surface area (Å²) >= 11 is 0. The van der Waals surface area contributed by atoms with E-state index >= 15 is 0 Å². The molecule has 3 aromatic carbocycles. The maximum absolute atomic E-state index is 14.2. The Bertz CT molecular complexity index is 908. The first-order valence-corrected chi connectivity index (χ1v) is 13.2. The molecule has 1 unspecified atom stereocenters. The lowest BCUT2D eigenvalue weighted by Crippen LogP contribution is -2.23.